The lowest BCUT2D eigenvalue weighted by molar-refractivity contribution is -0.126. The average molecular weight is 353 g/mol. The smallest absolute Gasteiger partial charge is 0.243 e. The van der Waals surface area contributed by atoms with E-state index < -0.39 is 5.54 Å². The van der Waals surface area contributed by atoms with Gasteiger partial charge in [-0.2, -0.15) is 0 Å². The van der Waals surface area contributed by atoms with Gasteiger partial charge in [0.15, 0.2) is 0 Å². The van der Waals surface area contributed by atoms with Crippen molar-refractivity contribution in [1.82, 2.24) is 0 Å². The zero-order valence-corrected chi connectivity index (χ0v) is 14.9. The van der Waals surface area contributed by atoms with Gasteiger partial charge in [0.1, 0.15) is 5.54 Å². The Kier molecular flexibility index (Phi) is 4.13. The van der Waals surface area contributed by atoms with Crippen molar-refractivity contribution in [1.29, 1.82) is 0 Å². The van der Waals surface area contributed by atoms with Gasteiger partial charge < -0.3 is 11.1 Å². The molecule has 0 heterocycles. The van der Waals surface area contributed by atoms with Crippen LogP contribution in [0.2, 0.25) is 0 Å². The molecular formula is C17H25BrN2O. The van der Waals surface area contributed by atoms with E-state index in [4.69, 9.17) is 5.73 Å². The van der Waals surface area contributed by atoms with E-state index in [1.165, 1.54) is 0 Å². The van der Waals surface area contributed by atoms with Crippen LogP contribution in [0.25, 0.3) is 0 Å². The second-order valence-corrected chi connectivity index (χ2v) is 8.86. The lowest BCUT2D eigenvalue weighted by atomic mass is 9.58. The second kappa shape index (κ2) is 5.31. The summed E-state index contributed by atoms with van der Waals surface area (Å²) in [5.41, 5.74) is 6.21. The molecule has 3 N–H and O–H groups in total. The van der Waals surface area contributed by atoms with Crippen molar-refractivity contribution in [3.63, 3.8) is 0 Å². The van der Waals surface area contributed by atoms with Crippen LogP contribution >= 0.6 is 15.9 Å². The van der Waals surface area contributed by atoms with Crippen molar-refractivity contribution < 1.29 is 4.79 Å². The largest absolute Gasteiger partial charge is 0.371 e. The first-order valence-corrected chi connectivity index (χ1v) is 8.17. The van der Waals surface area contributed by atoms with E-state index >= 15 is 0 Å². The molecule has 1 fully saturated rings. The van der Waals surface area contributed by atoms with Gasteiger partial charge in [0.2, 0.25) is 5.91 Å². The molecule has 2 rings (SSSR count). The third kappa shape index (κ3) is 3.79. The topological polar surface area (TPSA) is 55.1 Å². The van der Waals surface area contributed by atoms with E-state index in [1.807, 2.05) is 24.3 Å². The van der Waals surface area contributed by atoms with Gasteiger partial charge in [-0.15, -0.1) is 0 Å². The SMILES string of the molecule is CC1(C)CC(C)(C)CC(Nc2cccc(Br)c2)(C(N)=O)C1. The number of anilines is 1. The van der Waals surface area contributed by atoms with Gasteiger partial charge in [0.05, 0.1) is 0 Å². The molecule has 116 valence electrons. The summed E-state index contributed by atoms with van der Waals surface area (Å²) in [6.45, 7) is 8.87. The Hall–Kier alpha value is -1.03. The summed E-state index contributed by atoms with van der Waals surface area (Å²) >= 11 is 3.47. The minimum absolute atomic E-state index is 0.0792. The molecule has 0 bridgehead atoms. The molecule has 0 aliphatic heterocycles. The molecule has 0 radical (unpaired) electrons. The van der Waals surface area contributed by atoms with Crippen LogP contribution in [0.15, 0.2) is 28.7 Å². The molecule has 1 aromatic carbocycles. The van der Waals surface area contributed by atoms with Crippen molar-refractivity contribution >= 4 is 27.5 Å². The predicted octanol–water partition coefficient (Wildman–Crippen LogP) is 4.32. The normalized spacial score (nSPS) is 22.5. The molecule has 4 heteroatoms. The molecular weight excluding hydrogens is 328 g/mol. The maximum Gasteiger partial charge on any atom is 0.243 e. The quantitative estimate of drug-likeness (QED) is 0.850. The highest BCUT2D eigenvalue weighted by Gasteiger charge is 2.50. The fraction of sp³-hybridized carbons (Fsp3) is 0.588. The Morgan fingerprint density at radius 2 is 1.71 bits per heavy atom. The fourth-order valence-corrected chi connectivity index (χ4v) is 4.68. The summed E-state index contributed by atoms with van der Waals surface area (Å²) in [5, 5.41) is 3.44. The Labute approximate surface area is 135 Å². The third-order valence-corrected chi connectivity index (χ3v) is 4.69. The Morgan fingerprint density at radius 1 is 1.14 bits per heavy atom. The van der Waals surface area contributed by atoms with Crippen LogP contribution in [-0.4, -0.2) is 11.4 Å². The van der Waals surface area contributed by atoms with Crippen molar-refractivity contribution in [3.8, 4) is 0 Å². The Morgan fingerprint density at radius 3 is 2.19 bits per heavy atom. The zero-order valence-electron chi connectivity index (χ0n) is 13.3. The third-order valence-electron chi connectivity index (χ3n) is 4.20. The average Bonchev–Trinajstić information content (AvgIpc) is 2.23. The Bertz CT molecular complexity index is 535. The van der Waals surface area contributed by atoms with E-state index in [2.05, 4.69) is 48.9 Å². The number of nitrogens with one attached hydrogen (secondary N) is 1. The lowest BCUT2D eigenvalue weighted by Crippen LogP contribution is -2.58. The molecule has 1 aliphatic rings. The highest BCUT2D eigenvalue weighted by Crippen LogP contribution is 2.51. The maximum absolute atomic E-state index is 12.3. The first-order valence-electron chi connectivity index (χ1n) is 7.37. The van der Waals surface area contributed by atoms with Crippen LogP contribution in [0.4, 0.5) is 5.69 Å². The van der Waals surface area contributed by atoms with Crippen LogP contribution in [0.1, 0.15) is 47.0 Å². The van der Waals surface area contributed by atoms with Crippen molar-refractivity contribution in [3.05, 3.63) is 28.7 Å². The number of rotatable bonds is 3. The van der Waals surface area contributed by atoms with Gasteiger partial charge in [0.25, 0.3) is 0 Å². The van der Waals surface area contributed by atoms with Crippen molar-refractivity contribution in [2.24, 2.45) is 16.6 Å². The van der Waals surface area contributed by atoms with Gasteiger partial charge in [0, 0.05) is 10.2 Å². The van der Waals surface area contributed by atoms with Gasteiger partial charge in [-0.1, -0.05) is 49.7 Å². The highest BCUT2D eigenvalue weighted by atomic mass is 79.9. The van der Waals surface area contributed by atoms with Crippen LogP contribution < -0.4 is 11.1 Å². The predicted molar refractivity (Wildman–Crippen MR) is 91.1 cm³/mol. The molecule has 1 aliphatic carbocycles. The number of halogens is 1. The zero-order chi connectivity index (χ0) is 15.9. The van der Waals surface area contributed by atoms with Crippen molar-refractivity contribution in [2.75, 3.05) is 5.32 Å². The van der Waals surface area contributed by atoms with E-state index in [-0.39, 0.29) is 16.7 Å². The number of carbonyl (C=O) groups excluding carboxylic acids is 1. The number of carbonyl (C=O) groups is 1. The number of primary amides is 1. The molecule has 0 atom stereocenters. The molecule has 3 nitrogen and oxygen atoms in total. The van der Waals surface area contributed by atoms with E-state index in [0.29, 0.717) is 0 Å². The summed E-state index contributed by atoms with van der Waals surface area (Å²) in [7, 11) is 0. The lowest BCUT2D eigenvalue weighted by Gasteiger charge is -2.51. The van der Waals surface area contributed by atoms with Gasteiger partial charge in [-0.3, -0.25) is 4.79 Å². The van der Waals surface area contributed by atoms with E-state index in [9.17, 15) is 4.79 Å². The Balaban J connectivity index is 2.39. The number of benzene rings is 1. The summed E-state index contributed by atoms with van der Waals surface area (Å²) < 4.78 is 0.987. The fourth-order valence-electron chi connectivity index (χ4n) is 4.28. The van der Waals surface area contributed by atoms with E-state index in [0.717, 1.165) is 29.4 Å². The van der Waals surface area contributed by atoms with Gasteiger partial charge >= 0.3 is 0 Å². The first-order chi connectivity index (χ1) is 9.54. The molecule has 0 spiro atoms. The van der Waals surface area contributed by atoms with Gasteiger partial charge in [-0.05, 0) is 48.3 Å². The van der Waals surface area contributed by atoms with Crippen LogP contribution in [0.5, 0.6) is 0 Å². The van der Waals surface area contributed by atoms with Crippen LogP contribution in [-0.2, 0) is 4.79 Å². The standard InChI is InChI=1S/C17H25BrN2O/c1-15(2)9-16(3,4)11-17(10-15,14(19)21)20-13-7-5-6-12(18)8-13/h5-8,20H,9-11H2,1-4H3,(H2,19,21). The number of hydrogen-bond acceptors (Lipinski definition) is 2. The summed E-state index contributed by atoms with van der Waals surface area (Å²) in [6, 6.07) is 7.89. The molecule has 21 heavy (non-hydrogen) atoms. The molecule has 0 unspecified atom stereocenters. The molecule has 1 saturated carbocycles. The first kappa shape index (κ1) is 16.3. The minimum atomic E-state index is -0.688. The second-order valence-electron chi connectivity index (χ2n) is 7.94. The summed E-state index contributed by atoms with van der Waals surface area (Å²) in [6.07, 6.45) is 2.60. The van der Waals surface area contributed by atoms with Crippen LogP contribution in [0.3, 0.4) is 0 Å². The number of amides is 1. The van der Waals surface area contributed by atoms with Crippen molar-refractivity contribution in [2.45, 2.75) is 52.5 Å². The summed E-state index contributed by atoms with van der Waals surface area (Å²) in [4.78, 5) is 12.3. The molecule has 1 amide bonds. The molecule has 0 saturated heterocycles. The summed E-state index contributed by atoms with van der Waals surface area (Å²) in [5.74, 6) is -0.261. The maximum atomic E-state index is 12.3. The monoisotopic (exact) mass is 352 g/mol. The number of hydrogen-bond donors (Lipinski definition) is 2. The number of nitrogens with two attached hydrogens (primary N) is 1. The highest BCUT2D eigenvalue weighted by molar-refractivity contribution is 9.10. The van der Waals surface area contributed by atoms with Crippen LogP contribution in [0, 0.1) is 10.8 Å². The molecule has 1 aromatic rings. The minimum Gasteiger partial charge on any atom is -0.371 e. The van der Waals surface area contributed by atoms with Gasteiger partial charge in [-0.25, -0.2) is 0 Å². The van der Waals surface area contributed by atoms with E-state index in [1.54, 1.807) is 0 Å². The molecule has 0 aromatic heterocycles.